The van der Waals surface area contributed by atoms with Crippen molar-refractivity contribution in [2.75, 3.05) is 27.3 Å². The van der Waals surface area contributed by atoms with E-state index in [0.29, 0.717) is 17.1 Å². The minimum Gasteiger partial charge on any atom is -0.493 e. The Labute approximate surface area is 185 Å². The molecule has 3 aromatic rings. The van der Waals surface area contributed by atoms with Gasteiger partial charge in [-0.15, -0.1) is 0 Å². The SMILES string of the molecule is COc1ccc(CN2CCC[C@@H](c3[nH]ncc3-c3cccc(C(F)(F)F)c3)C2)cc1OC. The van der Waals surface area contributed by atoms with Crippen LogP contribution < -0.4 is 9.47 Å². The van der Waals surface area contributed by atoms with E-state index in [2.05, 4.69) is 15.1 Å². The third kappa shape index (κ3) is 4.75. The smallest absolute Gasteiger partial charge is 0.416 e. The van der Waals surface area contributed by atoms with Crippen molar-refractivity contribution in [2.24, 2.45) is 0 Å². The number of H-pyrrole nitrogens is 1. The van der Waals surface area contributed by atoms with Gasteiger partial charge in [0.05, 0.1) is 26.0 Å². The Morgan fingerprint density at radius 3 is 2.66 bits per heavy atom. The van der Waals surface area contributed by atoms with E-state index in [1.807, 2.05) is 18.2 Å². The molecule has 1 fully saturated rings. The fourth-order valence-electron chi connectivity index (χ4n) is 4.37. The van der Waals surface area contributed by atoms with Gasteiger partial charge in [-0.25, -0.2) is 0 Å². The first kappa shape index (κ1) is 22.2. The van der Waals surface area contributed by atoms with Gasteiger partial charge in [-0.2, -0.15) is 18.3 Å². The fourth-order valence-corrected chi connectivity index (χ4v) is 4.37. The Bertz CT molecular complexity index is 1060. The van der Waals surface area contributed by atoms with Crippen molar-refractivity contribution in [3.8, 4) is 22.6 Å². The number of hydrogen-bond donors (Lipinski definition) is 1. The summed E-state index contributed by atoms with van der Waals surface area (Å²) >= 11 is 0. The summed E-state index contributed by atoms with van der Waals surface area (Å²) in [5, 5.41) is 7.22. The zero-order valence-electron chi connectivity index (χ0n) is 18.1. The second-order valence-corrected chi connectivity index (χ2v) is 8.04. The van der Waals surface area contributed by atoms with E-state index in [9.17, 15) is 13.2 Å². The number of hydrogen-bond acceptors (Lipinski definition) is 4. The molecule has 5 nitrogen and oxygen atoms in total. The number of methoxy groups -OCH3 is 2. The number of nitrogens with one attached hydrogen (secondary N) is 1. The summed E-state index contributed by atoms with van der Waals surface area (Å²) in [6.45, 7) is 2.50. The molecule has 0 aliphatic carbocycles. The molecule has 0 bridgehead atoms. The zero-order valence-corrected chi connectivity index (χ0v) is 18.1. The number of aromatic nitrogens is 2. The number of rotatable bonds is 6. The van der Waals surface area contributed by atoms with Gasteiger partial charge >= 0.3 is 6.18 Å². The van der Waals surface area contributed by atoms with Gasteiger partial charge in [-0.1, -0.05) is 18.2 Å². The van der Waals surface area contributed by atoms with Gasteiger partial charge in [0.1, 0.15) is 0 Å². The standard InChI is InChI=1S/C24H26F3N3O2/c1-31-21-9-8-16(11-22(21)32-2)14-30-10-4-6-18(15-30)23-20(13-28-29-23)17-5-3-7-19(12-17)24(25,26)27/h3,5,7-9,11-13,18H,4,6,10,14-15H2,1-2H3,(H,28,29)/t18-/m1/s1. The maximum atomic E-state index is 13.2. The van der Waals surface area contributed by atoms with Crippen LogP contribution in [0, 0.1) is 0 Å². The number of halogens is 3. The molecule has 1 N–H and O–H groups in total. The van der Waals surface area contributed by atoms with E-state index in [-0.39, 0.29) is 5.92 Å². The van der Waals surface area contributed by atoms with Crippen LogP contribution >= 0.6 is 0 Å². The third-order valence-electron chi connectivity index (χ3n) is 5.94. The zero-order chi connectivity index (χ0) is 22.7. The maximum absolute atomic E-state index is 13.2. The summed E-state index contributed by atoms with van der Waals surface area (Å²) in [7, 11) is 3.23. The van der Waals surface area contributed by atoms with Gasteiger partial charge in [0, 0.05) is 30.3 Å². The van der Waals surface area contributed by atoms with Crippen LogP contribution in [0.5, 0.6) is 11.5 Å². The van der Waals surface area contributed by atoms with Crippen molar-refractivity contribution < 1.29 is 22.6 Å². The largest absolute Gasteiger partial charge is 0.493 e. The van der Waals surface area contributed by atoms with E-state index in [1.54, 1.807) is 26.5 Å². The van der Waals surface area contributed by atoms with E-state index in [0.717, 1.165) is 55.4 Å². The number of piperidine rings is 1. The first-order valence-electron chi connectivity index (χ1n) is 10.5. The molecule has 1 aliphatic heterocycles. The molecule has 32 heavy (non-hydrogen) atoms. The number of benzene rings is 2. The molecule has 170 valence electrons. The Kier molecular flexibility index (Phi) is 6.41. The van der Waals surface area contributed by atoms with Crippen molar-refractivity contribution in [1.82, 2.24) is 15.1 Å². The molecule has 0 saturated carbocycles. The lowest BCUT2D eigenvalue weighted by atomic mass is 9.90. The van der Waals surface area contributed by atoms with Crippen molar-refractivity contribution in [3.63, 3.8) is 0 Å². The van der Waals surface area contributed by atoms with Crippen LogP contribution in [0.2, 0.25) is 0 Å². The lowest BCUT2D eigenvalue weighted by Gasteiger charge is -2.33. The summed E-state index contributed by atoms with van der Waals surface area (Å²) in [5.74, 6) is 1.55. The molecule has 4 rings (SSSR count). The summed E-state index contributed by atoms with van der Waals surface area (Å²) in [6, 6.07) is 11.3. The fraction of sp³-hybridized carbons (Fsp3) is 0.375. The van der Waals surface area contributed by atoms with Crippen molar-refractivity contribution in [3.05, 3.63) is 65.5 Å². The number of nitrogens with zero attached hydrogens (tertiary/aromatic N) is 2. The molecule has 2 heterocycles. The highest BCUT2D eigenvalue weighted by Crippen LogP contribution is 2.37. The van der Waals surface area contributed by atoms with Gasteiger partial charge in [-0.3, -0.25) is 10.00 Å². The van der Waals surface area contributed by atoms with Gasteiger partial charge in [-0.05, 0) is 54.8 Å². The predicted molar refractivity (Wildman–Crippen MR) is 116 cm³/mol. The van der Waals surface area contributed by atoms with E-state index in [4.69, 9.17) is 9.47 Å². The van der Waals surface area contributed by atoms with Crippen LogP contribution in [0.15, 0.2) is 48.7 Å². The molecule has 0 amide bonds. The highest BCUT2D eigenvalue weighted by molar-refractivity contribution is 5.66. The Hall–Kier alpha value is -3.00. The second-order valence-electron chi connectivity index (χ2n) is 8.04. The molecule has 1 aromatic heterocycles. The monoisotopic (exact) mass is 445 g/mol. The highest BCUT2D eigenvalue weighted by Gasteiger charge is 2.31. The molecule has 8 heteroatoms. The average Bonchev–Trinajstić information content (AvgIpc) is 3.29. The average molecular weight is 445 g/mol. The summed E-state index contributed by atoms with van der Waals surface area (Å²) in [5.41, 5.74) is 2.61. The first-order valence-corrected chi connectivity index (χ1v) is 10.5. The molecule has 2 aromatic carbocycles. The molecule has 1 aliphatic rings. The van der Waals surface area contributed by atoms with Gasteiger partial charge in [0.15, 0.2) is 11.5 Å². The molecule has 0 radical (unpaired) electrons. The van der Waals surface area contributed by atoms with Crippen molar-refractivity contribution >= 4 is 0 Å². The van der Waals surface area contributed by atoms with E-state index < -0.39 is 11.7 Å². The number of alkyl halides is 3. The number of likely N-dealkylation sites (tertiary alicyclic amines) is 1. The number of ether oxygens (including phenoxy) is 2. The third-order valence-corrected chi connectivity index (χ3v) is 5.94. The lowest BCUT2D eigenvalue weighted by molar-refractivity contribution is -0.137. The Balaban J connectivity index is 1.52. The normalized spacial score (nSPS) is 17.3. The van der Waals surface area contributed by atoms with Gasteiger partial charge in [0.25, 0.3) is 0 Å². The lowest BCUT2D eigenvalue weighted by Crippen LogP contribution is -2.34. The maximum Gasteiger partial charge on any atom is 0.416 e. The molecule has 1 saturated heterocycles. The summed E-state index contributed by atoms with van der Waals surface area (Å²) < 4.78 is 50.3. The Morgan fingerprint density at radius 1 is 1.09 bits per heavy atom. The minimum atomic E-state index is -4.37. The highest BCUT2D eigenvalue weighted by atomic mass is 19.4. The molecule has 1 atom stereocenters. The first-order chi connectivity index (χ1) is 15.4. The van der Waals surface area contributed by atoms with Crippen LogP contribution in [0.25, 0.3) is 11.1 Å². The van der Waals surface area contributed by atoms with Crippen LogP contribution in [0.4, 0.5) is 13.2 Å². The van der Waals surface area contributed by atoms with Crippen LogP contribution in [0.3, 0.4) is 0 Å². The summed E-state index contributed by atoms with van der Waals surface area (Å²) in [6.07, 6.45) is -0.797. The Morgan fingerprint density at radius 2 is 1.91 bits per heavy atom. The predicted octanol–water partition coefficient (Wildman–Crippen LogP) is 5.49. The molecular weight excluding hydrogens is 419 g/mol. The topological polar surface area (TPSA) is 50.4 Å². The van der Waals surface area contributed by atoms with E-state index >= 15 is 0 Å². The minimum absolute atomic E-state index is 0.163. The van der Waals surface area contributed by atoms with Gasteiger partial charge < -0.3 is 9.47 Å². The van der Waals surface area contributed by atoms with Crippen molar-refractivity contribution in [2.45, 2.75) is 31.5 Å². The van der Waals surface area contributed by atoms with E-state index in [1.165, 1.54) is 12.1 Å². The van der Waals surface area contributed by atoms with Crippen LogP contribution in [-0.4, -0.2) is 42.4 Å². The molecule has 0 unspecified atom stereocenters. The van der Waals surface area contributed by atoms with Crippen LogP contribution in [-0.2, 0) is 12.7 Å². The summed E-state index contributed by atoms with van der Waals surface area (Å²) in [4.78, 5) is 2.35. The molecular formula is C24H26F3N3O2. The second kappa shape index (κ2) is 9.24. The van der Waals surface area contributed by atoms with Crippen LogP contribution in [0.1, 0.15) is 35.6 Å². The molecule has 0 spiro atoms. The number of aromatic amines is 1. The van der Waals surface area contributed by atoms with Crippen molar-refractivity contribution in [1.29, 1.82) is 0 Å². The van der Waals surface area contributed by atoms with Gasteiger partial charge in [0.2, 0.25) is 0 Å². The quantitative estimate of drug-likeness (QED) is 0.545.